The molecular weight excluding hydrogens is 466 g/mol. The van der Waals surface area contributed by atoms with Crippen molar-refractivity contribution in [1.29, 1.82) is 0 Å². The third kappa shape index (κ3) is 4.46. The molecule has 1 aliphatic heterocycles. The van der Waals surface area contributed by atoms with E-state index in [2.05, 4.69) is 4.72 Å². The topological polar surface area (TPSA) is 171 Å². The zero-order valence-electron chi connectivity index (χ0n) is 16.8. The number of phenolic OH excluding ortho intramolecular Hbond substituents is 1. The molecule has 0 fully saturated rings. The van der Waals surface area contributed by atoms with Crippen molar-refractivity contribution in [3.05, 3.63) is 36.4 Å². The summed E-state index contributed by atoms with van der Waals surface area (Å²) in [6, 6.07) is 6.58. The van der Waals surface area contributed by atoms with Crippen molar-refractivity contribution < 1.29 is 41.4 Å². The highest BCUT2D eigenvalue weighted by molar-refractivity contribution is 7.92. The smallest absolute Gasteiger partial charge is 0.323 e. The molecule has 0 atom stereocenters. The molecule has 3 N–H and O–H groups in total. The van der Waals surface area contributed by atoms with Crippen LogP contribution in [0.25, 0.3) is 0 Å². The first-order chi connectivity index (χ1) is 14.8. The van der Waals surface area contributed by atoms with Crippen molar-refractivity contribution >= 4 is 43.3 Å². The number of phenols is 1. The molecule has 0 aromatic heterocycles. The van der Waals surface area contributed by atoms with E-state index in [4.69, 9.17) is 9.84 Å². The highest BCUT2D eigenvalue weighted by Crippen LogP contribution is 2.35. The lowest BCUT2D eigenvalue weighted by atomic mass is 10.2. The van der Waals surface area contributed by atoms with Crippen LogP contribution < -0.4 is 14.4 Å². The number of ether oxygens (including phenoxy) is 1. The summed E-state index contributed by atoms with van der Waals surface area (Å²) in [4.78, 5) is 23.4. The zero-order chi connectivity index (χ0) is 23.8. The zero-order valence-corrected chi connectivity index (χ0v) is 18.5. The van der Waals surface area contributed by atoms with Gasteiger partial charge in [0.15, 0.2) is 6.61 Å². The molecule has 0 saturated heterocycles. The van der Waals surface area contributed by atoms with Crippen molar-refractivity contribution in [2.75, 3.05) is 36.9 Å². The van der Waals surface area contributed by atoms with Crippen molar-refractivity contribution in [2.45, 2.75) is 9.79 Å². The number of carbonyl (C=O) groups is 2. The first-order valence-corrected chi connectivity index (χ1v) is 11.8. The summed E-state index contributed by atoms with van der Waals surface area (Å²) < 4.78 is 58.7. The van der Waals surface area contributed by atoms with Gasteiger partial charge in [0.2, 0.25) is 10.0 Å². The Morgan fingerprint density at radius 2 is 1.78 bits per heavy atom. The molecule has 1 amide bonds. The molecule has 3 rings (SSSR count). The maximum Gasteiger partial charge on any atom is 0.323 e. The Morgan fingerprint density at radius 3 is 2.41 bits per heavy atom. The molecule has 0 aliphatic carbocycles. The minimum atomic E-state index is -4.38. The van der Waals surface area contributed by atoms with Crippen LogP contribution in [0.1, 0.15) is 0 Å². The van der Waals surface area contributed by atoms with E-state index in [1.807, 2.05) is 0 Å². The lowest BCUT2D eigenvalue weighted by molar-refractivity contribution is -0.137. The van der Waals surface area contributed by atoms with E-state index in [9.17, 15) is 31.5 Å². The number of rotatable bonds is 7. The number of carboxylic acid groups (broad SMARTS) is 1. The van der Waals surface area contributed by atoms with Gasteiger partial charge in [-0.1, -0.05) is 0 Å². The van der Waals surface area contributed by atoms with E-state index in [1.165, 1.54) is 20.2 Å². The average molecular weight is 485 g/mol. The molecule has 1 aliphatic rings. The fraction of sp³-hybridized carbons (Fsp3) is 0.222. The summed E-state index contributed by atoms with van der Waals surface area (Å²) in [6.07, 6.45) is 0. The summed E-state index contributed by atoms with van der Waals surface area (Å²) in [5, 5.41) is 19.1. The second-order valence-corrected chi connectivity index (χ2v) is 10.7. The van der Waals surface area contributed by atoms with Crippen LogP contribution >= 0.6 is 0 Å². The van der Waals surface area contributed by atoms with Gasteiger partial charge in [0.1, 0.15) is 18.0 Å². The number of hydrogen-bond acceptors (Lipinski definition) is 8. The Kier molecular flexibility index (Phi) is 6.04. The number of benzene rings is 2. The van der Waals surface area contributed by atoms with E-state index in [1.54, 1.807) is 0 Å². The molecule has 14 heteroatoms. The summed E-state index contributed by atoms with van der Waals surface area (Å²) in [7, 11) is -5.69. The number of nitrogens with zero attached hydrogens (tertiary/aromatic N) is 2. The number of aromatic hydroxyl groups is 1. The van der Waals surface area contributed by atoms with Crippen molar-refractivity contribution in [2.24, 2.45) is 0 Å². The molecule has 1 heterocycles. The highest BCUT2D eigenvalue weighted by Gasteiger charge is 2.29. The number of hydrogen-bond donors (Lipinski definition) is 3. The Morgan fingerprint density at radius 1 is 1.12 bits per heavy atom. The number of sulfonamides is 2. The highest BCUT2D eigenvalue weighted by atomic mass is 32.2. The number of anilines is 2. The van der Waals surface area contributed by atoms with Gasteiger partial charge in [0.25, 0.3) is 15.9 Å². The summed E-state index contributed by atoms with van der Waals surface area (Å²) in [6.45, 7) is -1.09. The number of carboxylic acids is 1. The molecule has 0 spiro atoms. The molecule has 0 radical (unpaired) electrons. The Hall–Kier alpha value is -3.36. The third-order valence-corrected chi connectivity index (χ3v) is 7.64. The molecule has 12 nitrogen and oxygen atoms in total. The molecule has 32 heavy (non-hydrogen) atoms. The van der Waals surface area contributed by atoms with Gasteiger partial charge < -0.3 is 14.9 Å². The van der Waals surface area contributed by atoms with Gasteiger partial charge in [-0.3, -0.25) is 19.2 Å². The van der Waals surface area contributed by atoms with Crippen LogP contribution in [0.4, 0.5) is 11.4 Å². The van der Waals surface area contributed by atoms with E-state index < -0.39 is 50.8 Å². The first-order valence-electron chi connectivity index (χ1n) is 8.90. The molecule has 2 aromatic rings. The maximum absolute atomic E-state index is 12.9. The minimum Gasteiger partial charge on any atom is -0.506 e. The monoisotopic (exact) mass is 485 g/mol. The van der Waals surface area contributed by atoms with E-state index in [0.29, 0.717) is 0 Å². The van der Waals surface area contributed by atoms with Gasteiger partial charge in [-0.2, -0.15) is 0 Å². The standard InChI is InChI=1S/C18H19N3O9S2/c1-20(2)32(28,29)12-3-5-15(22)13(7-12)19-31(26,27)11-4-6-16-14(8-11)21(9-18(24)25)17(23)10-30-16/h3-8,19,22H,9-10H2,1-2H3,(H,24,25). The number of aliphatic carboxylic acids is 1. The molecular formula is C18H19N3O9S2. The summed E-state index contributed by atoms with van der Waals surface area (Å²) in [5.74, 6) is -2.37. The molecule has 2 aromatic carbocycles. The van der Waals surface area contributed by atoms with Crippen LogP contribution in [0.15, 0.2) is 46.2 Å². The molecule has 0 unspecified atom stereocenters. The van der Waals surface area contributed by atoms with E-state index in [0.717, 1.165) is 39.5 Å². The largest absolute Gasteiger partial charge is 0.506 e. The number of amides is 1. The fourth-order valence-corrected chi connectivity index (χ4v) is 4.84. The minimum absolute atomic E-state index is 0.0558. The van der Waals surface area contributed by atoms with Crippen molar-refractivity contribution in [3.8, 4) is 11.5 Å². The molecule has 0 saturated carbocycles. The molecule has 172 valence electrons. The van der Waals surface area contributed by atoms with Crippen LogP contribution in [0, 0.1) is 0 Å². The van der Waals surface area contributed by atoms with Crippen LogP contribution in [-0.2, 0) is 29.6 Å². The van der Waals surface area contributed by atoms with Crippen LogP contribution in [-0.4, -0.2) is 70.5 Å². The SMILES string of the molecule is CN(C)S(=O)(=O)c1ccc(O)c(NS(=O)(=O)c2ccc3c(c2)N(CC(=O)O)C(=O)CO3)c1. The number of nitrogens with one attached hydrogen (secondary N) is 1. The second-order valence-electron chi connectivity index (χ2n) is 6.86. The quantitative estimate of drug-likeness (QED) is 0.465. The first kappa shape index (κ1) is 23.3. The lowest BCUT2D eigenvalue weighted by Crippen LogP contribution is -2.42. The summed E-state index contributed by atoms with van der Waals surface area (Å²) in [5.41, 5.74) is -0.444. The predicted octanol–water partition coefficient (Wildman–Crippen LogP) is 0.253. The van der Waals surface area contributed by atoms with Crippen LogP contribution in [0.5, 0.6) is 11.5 Å². The second kappa shape index (κ2) is 8.29. The van der Waals surface area contributed by atoms with E-state index in [-0.39, 0.29) is 26.9 Å². The van der Waals surface area contributed by atoms with Crippen molar-refractivity contribution in [1.82, 2.24) is 4.31 Å². The van der Waals surface area contributed by atoms with Crippen LogP contribution in [0.2, 0.25) is 0 Å². The van der Waals surface area contributed by atoms with Gasteiger partial charge >= 0.3 is 5.97 Å². The van der Waals surface area contributed by atoms with Crippen LogP contribution in [0.3, 0.4) is 0 Å². The Balaban J connectivity index is 2.01. The van der Waals surface area contributed by atoms with Gasteiger partial charge in [-0.15, -0.1) is 0 Å². The average Bonchev–Trinajstić information content (AvgIpc) is 2.70. The number of carbonyl (C=O) groups excluding carboxylic acids is 1. The van der Waals surface area contributed by atoms with Gasteiger partial charge in [-0.25, -0.2) is 21.1 Å². The van der Waals surface area contributed by atoms with Gasteiger partial charge in [0, 0.05) is 14.1 Å². The Bertz CT molecular complexity index is 1300. The maximum atomic E-state index is 12.9. The molecule has 0 bridgehead atoms. The Labute approximate surface area is 183 Å². The van der Waals surface area contributed by atoms with Gasteiger partial charge in [-0.05, 0) is 36.4 Å². The normalized spacial score (nSPS) is 14.1. The van der Waals surface area contributed by atoms with Gasteiger partial charge in [0.05, 0.1) is 21.2 Å². The lowest BCUT2D eigenvalue weighted by Gasteiger charge is -2.28. The van der Waals surface area contributed by atoms with E-state index >= 15 is 0 Å². The number of fused-ring (bicyclic) bond motifs is 1. The summed E-state index contributed by atoms with van der Waals surface area (Å²) >= 11 is 0. The van der Waals surface area contributed by atoms with Crippen molar-refractivity contribution in [3.63, 3.8) is 0 Å². The fourth-order valence-electron chi connectivity index (χ4n) is 2.83. The third-order valence-electron chi connectivity index (χ3n) is 4.47. The predicted molar refractivity (Wildman–Crippen MR) is 112 cm³/mol.